The van der Waals surface area contributed by atoms with Crippen molar-refractivity contribution in [2.24, 2.45) is 0 Å². The number of hydrogen-bond acceptors (Lipinski definition) is 3. The Morgan fingerprint density at radius 2 is 1.84 bits per heavy atom. The van der Waals surface area contributed by atoms with Crippen molar-refractivity contribution >= 4 is 51.1 Å². The molecule has 8 heteroatoms. The molecule has 2 saturated heterocycles. The Morgan fingerprint density at radius 1 is 1.19 bits per heavy atom. The lowest BCUT2D eigenvalue weighted by atomic mass is 10.1. The molecule has 0 radical (unpaired) electrons. The van der Waals surface area contributed by atoms with E-state index in [4.69, 9.17) is 11.6 Å². The van der Waals surface area contributed by atoms with Gasteiger partial charge in [-0.2, -0.15) is 0 Å². The van der Waals surface area contributed by atoms with Gasteiger partial charge in [-0.25, -0.2) is 4.39 Å². The zero-order valence-corrected chi connectivity index (χ0v) is 20.0. The van der Waals surface area contributed by atoms with Gasteiger partial charge in [0.15, 0.2) is 0 Å². The lowest BCUT2D eigenvalue weighted by Crippen LogP contribution is -2.55. The number of nitrogens with zero attached hydrogens (tertiary/aromatic N) is 2. The number of rotatable bonds is 5. The van der Waals surface area contributed by atoms with Crippen LogP contribution in [0.3, 0.4) is 0 Å². The average molecular weight is 521 g/mol. The Hall–Kier alpha value is -2.22. The van der Waals surface area contributed by atoms with E-state index >= 15 is 0 Å². The van der Waals surface area contributed by atoms with E-state index in [1.165, 1.54) is 19.1 Å². The zero-order valence-electron chi connectivity index (χ0n) is 17.7. The minimum atomic E-state index is -0.231. The molecule has 0 spiro atoms. The summed E-state index contributed by atoms with van der Waals surface area (Å²) < 4.78 is 13.9. The van der Waals surface area contributed by atoms with Crippen LogP contribution in [0.4, 0.5) is 10.1 Å². The molecule has 2 bridgehead atoms. The fraction of sp³-hybridized carbons (Fsp3) is 0.333. The van der Waals surface area contributed by atoms with Crippen molar-refractivity contribution in [1.82, 2.24) is 9.80 Å². The van der Waals surface area contributed by atoms with Gasteiger partial charge in [0.1, 0.15) is 5.82 Å². The summed E-state index contributed by atoms with van der Waals surface area (Å²) in [6.07, 6.45) is 5.25. The summed E-state index contributed by atoms with van der Waals surface area (Å²) in [6.45, 7) is 3.79. The summed E-state index contributed by atoms with van der Waals surface area (Å²) in [4.78, 5) is 28.9. The topological polar surface area (TPSA) is 52.7 Å². The standard InChI is InChI=1S/C24H24BrClFN3O2/c1-15(31)28-23-11-22(26)21(25)10-17(23)4-9-24(32)30-19-7-8-20(30)14-29(13-19)12-16-2-5-18(27)6-3-16/h2-6,9-11,19-20H,7-8,12-14H2,1H3,(H,28,31). The maximum absolute atomic E-state index is 13.2. The van der Waals surface area contributed by atoms with Crippen LogP contribution in [0.1, 0.15) is 30.9 Å². The molecule has 0 aromatic heterocycles. The molecule has 2 aliphatic heterocycles. The van der Waals surface area contributed by atoms with Crippen LogP contribution in [0.15, 0.2) is 46.9 Å². The van der Waals surface area contributed by atoms with E-state index in [1.54, 1.807) is 24.3 Å². The Bertz CT molecular complexity index is 1050. The SMILES string of the molecule is CC(=O)Nc1cc(Cl)c(Br)cc1C=CC(=O)N1C2CCC1CN(Cc1ccc(F)cc1)C2. The highest BCUT2D eigenvalue weighted by Gasteiger charge is 2.41. The van der Waals surface area contributed by atoms with Crippen molar-refractivity contribution in [3.8, 4) is 0 Å². The maximum Gasteiger partial charge on any atom is 0.247 e. The normalized spacial score (nSPS) is 20.7. The Kier molecular flexibility index (Phi) is 6.98. The monoisotopic (exact) mass is 519 g/mol. The Morgan fingerprint density at radius 3 is 2.47 bits per heavy atom. The minimum absolute atomic E-state index is 0.0289. The molecule has 2 aromatic rings. The molecule has 4 rings (SSSR count). The summed E-state index contributed by atoms with van der Waals surface area (Å²) in [5.41, 5.74) is 2.33. The minimum Gasteiger partial charge on any atom is -0.331 e. The molecular formula is C24H24BrClFN3O2. The fourth-order valence-corrected chi connectivity index (χ4v) is 5.10. The van der Waals surface area contributed by atoms with Gasteiger partial charge in [-0.1, -0.05) is 23.7 Å². The smallest absolute Gasteiger partial charge is 0.247 e. The molecule has 1 N–H and O–H groups in total. The van der Waals surface area contributed by atoms with Crippen LogP contribution in [-0.2, 0) is 16.1 Å². The number of piperazine rings is 1. The van der Waals surface area contributed by atoms with Gasteiger partial charge in [0.2, 0.25) is 11.8 Å². The molecule has 2 amide bonds. The summed E-state index contributed by atoms with van der Waals surface area (Å²) in [6, 6.07) is 10.4. The molecular weight excluding hydrogens is 497 g/mol. The quantitative estimate of drug-likeness (QED) is 0.559. The number of benzene rings is 2. The largest absolute Gasteiger partial charge is 0.331 e. The van der Waals surface area contributed by atoms with E-state index < -0.39 is 0 Å². The van der Waals surface area contributed by atoms with Crippen molar-refractivity contribution in [1.29, 1.82) is 0 Å². The van der Waals surface area contributed by atoms with Gasteiger partial charge in [0, 0.05) is 54.9 Å². The number of halogens is 3. The number of nitrogens with one attached hydrogen (secondary N) is 1. The summed E-state index contributed by atoms with van der Waals surface area (Å²) >= 11 is 9.56. The van der Waals surface area contributed by atoms with Crippen LogP contribution in [0.5, 0.6) is 0 Å². The first-order chi connectivity index (χ1) is 15.3. The van der Waals surface area contributed by atoms with E-state index in [0.717, 1.165) is 38.0 Å². The number of likely N-dealkylation sites (tertiary alicyclic amines) is 1. The predicted molar refractivity (Wildman–Crippen MR) is 128 cm³/mol. The zero-order chi connectivity index (χ0) is 22.8. The summed E-state index contributed by atoms with van der Waals surface area (Å²) in [7, 11) is 0. The first kappa shape index (κ1) is 23.0. The van der Waals surface area contributed by atoms with Crippen LogP contribution < -0.4 is 5.32 Å². The van der Waals surface area contributed by atoms with Gasteiger partial charge in [0.25, 0.3) is 0 Å². The fourth-order valence-electron chi connectivity index (χ4n) is 4.57. The van der Waals surface area contributed by atoms with Crippen LogP contribution in [-0.4, -0.2) is 46.8 Å². The highest BCUT2D eigenvalue weighted by molar-refractivity contribution is 9.10. The molecule has 0 aliphatic carbocycles. The van der Waals surface area contributed by atoms with E-state index in [2.05, 4.69) is 26.1 Å². The highest BCUT2D eigenvalue weighted by atomic mass is 79.9. The van der Waals surface area contributed by atoms with Gasteiger partial charge >= 0.3 is 0 Å². The van der Waals surface area contributed by atoms with E-state index in [9.17, 15) is 14.0 Å². The molecule has 2 aliphatic rings. The molecule has 2 atom stereocenters. The van der Waals surface area contributed by atoms with Crippen molar-refractivity contribution in [3.63, 3.8) is 0 Å². The second kappa shape index (κ2) is 9.73. The number of amides is 2. The molecule has 2 unspecified atom stereocenters. The number of fused-ring (bicyclic) bond motifs is 2. The van der Waals surface area contributed by atoms with E-state index in [0.29, 0.717) is 20.7 Å². The average Bonchev–Trinajstić information content (AvgIpc) is 3.01. The third-order valence-corrected chi connectivity index (χ3v) is 7.14. The Balaban J connectivity index is 1.45. The van der Waals surface area contributed by atoms with Gasteiger partial charge in [-0.3, -0.25) is 14.5 Å². The van der Waals surface area contributed by atoms with Crippen molar-refractivity contribution in [2.75, 3.05) is 18.4 Å². The number of anilines is 1. The van der Waals surface area contributed by atoms with Gasteiger partial charge in [-0.05, 0) is 70.2 Å². The number of carbonyl (C=O) groups is 2. The van der Waals surface area contributed by atoms with Gasteiger partial charge in [0.05, 0.1) is 5.02 Å². The number of hydrogen-bond donors (Lipinski definition) is 1. The Labute approximate surface area is 200 Å². The lowest BCUT2D eigenvalue weighted by Gasteiger charge is -2.40. The molecule has 0 saturated carbocycles. The summed E-state index contributed by atoms with van der Waals surface area (Å²) in [5.74, 6) is -0.469. The lowest BCUT2D eigenvalue weighted by molar-refractivity contribution is -0.131. The third kappa shape index (κ3) is 5.22. The van der Waals surface area contributed by atoms with E-state index in [1.807, 2.05) is 17.0 Å². The van der Waals surface area contributed by atoms with Crippen LogP contribution >= 0.6 is 27.5 Å². The second-order valence-electron chi connectivity index (χ2n) is 8.32. The molecule has 2 aromatic carbocycles. The molecule has 5 nitrogen and oxygen atoms in total. The molecule has 2 fully saturated rings. The van der Waals surface area contributed by atoms with Crippen molar-refractivity contribution in [2.45, 2.75) is 38.4 Å². The van der Waals surface area contributed by atoms with Crippen molar-refractivity contribution in [3.05, 3.63) is 68.9 Å². The van der Waals surface area contributed by atoms with Gasteiger partial charge < -0.3 is 10.2 Å². The highest BCUT2D eigenvalue weighted by Crippen LogP contribution is 2.33. The van der Waals surface area contributed by atoms with Crippen LogP contribution in [0, 0.1) is 5.82 Å². The first-order valence-electron chi connectivity index (χ1n) is 10.5. The third-order valence-electron chi connectivity index (χ3n) is 5.94. The number of carbonyl (C=O) groups excluding carboxylic acids is 2. The summed E-state index contributed by atoms with van der Waals surface area (Å²) in [5, 5.41) is 3.24. The van der Waals surface area contributed by atoms with Gasteiger partial charge in [-0.15, -0.1) is 0 Å². The van der Waals surface area contributed by atoms with Crippen LogP contribution in [0.25, 0.3) is 6.08 Å². The molecule has 32 heavy (non-hydrogen) atoms. The van der Waals surface area contributed by atoms with Crippen molar-refractivity contribution < 1.29 is 14.0 Å². The van der Waals surface area contributed by atoms with E-state index in [-0.39, 0.29) is 29.7 Å². The maximum atomic E-state index is 13.2. The first-order valence-corrected chi connectivity index (χ1v) is 11.7. The predicted octanol–water partition coefficient (Wildman–Crippen LogP) is 5.09. The molecule has 168 valence electrons. The van der Waals surface area contributed by atoms with Crippen LogP contribution in [0.2, 0.25) is 5.02 Å². The second-order valence-corrected chi connectivity index (χ2v) is 9.58. The molecule has 2 heterocycles.